The SMILES string of the molecule is CC(N)C1CCCCN1Cc1ccc(F)cc1. The van der Waals surface area contributed by atoms with Crippen LogP contribution in [0, 0.1) is 5.82 Å². The largest absolute Gasteiger partial charge is 0.327 e. The molecule has 1 aromatic rings. The molecule has 0 spiro atoms. The number of hydrogen-bond acceptors (Lipinski definition) is 2. The molecule has 1 heterocycles. The first kappa shape index (κ1) is 12.5. The van der Waals surface area contributed by atoms with Crippen molar-refractivity contribution in [3.63, 3.8) is 0 Å². The van der Waals surface area contributed by atoms with Crippen LogP contribution in [0.15, 0.2) is 24.3 Å². The van der Waals surface area contributed by atoms with Gasteiger partial charge in [-0.05, 0) is 44.0 Å². The maximum Gasteiger partial charge on any atom is 0.123 e. The molecule has 2 atom stereocenters. The van der Waals surface area contributed by atoms with Gasteiger partial charge >= 0.3 is 0 Å². The Morgan fingerprint density at radius 3 is 2.71 bits per heavy atom. The highest BCUT2D eigenvalue weighted by Gasteiger charge is 2.25. The van der Waals surface area contributed by atoms with Crippen molar-refractivity contribution in [2.75, 3.05) is 6.54 Å². The minimum absolute atomic E-state index is 0.170. The highest BCUT2D eigenvalue weighted by molar-refractivity contribution is 5.16. The zero-order valence-electron chi connectivity index (χ0n) is 10.4. The fourth-order valence-electron chi connectivity index (χ4n) is 2.63. The van der Waals surface area contributed by atoms with E-state index in [1.165, 1.54) is 37.0 Å². The third-order valence-corrected chi connectivity index (χ3v) is 3.57. The number of piperidine rings is 1. The van der Waals surface area contributed by atoms with E-state index in [0.717, 1.165) is 13.1 Å². The summed E-state index contributed by atoms with van der Waals surface area (Å²) < 4.78 is 12.8. The molecule has 17 heavy (non-hydrogen) atoms. The van der Waals surface area contributed by atoms with Crippen molar-refractivity contribution < 1.29 is 4.39 Å². The standard InChI is InChI=1S/C14H21FN2/c1-11(16)14-4-2-3-9-17(14)10-12-5-7-13(15)8-6-12/h5-8,11,14H,2-4,9-10,16H2,1H3. The summed E-state index contributed by atoms with van der Waals surface area (Å²) in [6, 6.07) is 7.45. The Balaban J connectivity index is 2.02. The van der Waals surface area contributed by atoms with E-state index in [-0.39, 0.29) is 11.9 Å². The lowest BCUT2D eigenvalue weighted by Gasteiger charge is -2.38. The Kier molecular flexibility index (Phi) is 4.13. The van der Waals surface area contributed by atoms with Crippen LogP contribution in [0.25, 0.3) is 0 Å². The van der Waals surface area contributed by atoms with Crippen molar-refractivity contribution in [2.45, 2.75) is 44.8 Å². The predicted octanol–water partition coefficient (Wildman–Crippen LogP) is 2.53. The van der Waals surface area contributed by atoms with Crippen molar-refractivity contribution in [1.82, 2.24) is 4.90 Å². The topological polar surface area (TPSA) is 29.3 Å². The molecule has 1 saturated heterocycles. The number of rotatable bonds is 3. The Bertz CT molecular complexity index is 348. The van der Waals surface area contributed by atoms with Gasteiger partial charge < -0.3 is 5.73 Å². The Morgan fingerprint density at radius 2 is 2.06 bits per heavy atom. The maximum atomic E-state index is 12.8. The molecule has 1 aliphatic heterocycles. The molecule has 0 radical (unpaired) electrons. The summed E-state index contributed by atoms with van der Waals surface area (Å²) in [6.45, 7) is 4.06. The minimum atomic E-state index is -0.170. The lowest BCUT2D eigenvalue weighted by Crippen LogP contribution is -2.48. The van der Waals surface area contributed by atoms with Gasteiger partial charge in [-0.1, -0.05) is 18.6 Å². The van der Waals surface area contributed by atoms with Gasteiger partial charge in [0.25, 0.3) is 0 Å². The van der Waals surface area contributed by atoms with Crippen LogP contribution < -0.4 is 5.73 Å². The van der Waals surface area contributed by atoms with Gasteiger partial charge in [-0.25, -0.2) is 4.39 Å². The molecule has 1 fully saturated rings. The van der Waals surface area contributed by atoms with Gasteiger partial charge in [0.05, 0.1) is 0 Å². The van der Waals surface area contributed by atoms with Gasteiger partial charge in [0.1, 0.15) is 5.82 Å². The van der Waals surface area contributed by atoms with Crippen LogP contribution in [-0.4, -0.2) is 23.5 Å². The highest BCUT2D eigenvalue weighted by atomic mass is 19.1. The van der Waals surface area contributed by atoms with Gasteiger partial charge in [-0.2, -0.15) is 0 Å². The Morgan fingerprint density at radius 1 is 1.35 bits per heavy atom. The molecule has 0 amide bonds. The third-order valence-electron chi connectivity index (χ3n) is 3.57. The fraction of sp³-hybridized carbons (Fsp3) is 0.571. The van der Waals surface area contributed by atoms with Crippen LogP contribution in [0.5, 0.6) is 0 Å². The maximum absolute atomic E-state index is 12.8. The number of hydrogen-bond donors (Lipinski definition) is 1. The summed E-state index contributed by atoms with van der Waals surface area (Å²) in [5.41, 5.74) is 7.20. The third kappa shape index (κ3) is 3.27. The molecule has 2 N–H and O–H groups in total. The van der Waals surface area contributed by atoms with E-state index in [9.17, 15) is 4.39 Å². The van der Waals surface area contributed by atoms with E-state index in [1.54, 1.807) is 0 Å². The van der Waals surface area contributed by atoms with Gasteiger partial charge in [0, 0.05) is 18.6 Å². The number of nitrogens with two attached hydrogens (primary N) is 1. The normalized spacial score (nSPS) is 23.6. The van der Waals surface area contributed by atoms with E-state index >= 15 is 0 Å². The van der Waals surface area contributed by atoms with Crippen LogP contribution in [-0.2, 0) is 6.54 Å². The van der Waals surface area contributed by atoms with Crippen molar-refractivity contribution in [3.05, 3.63) is 35.6 Å². The van der Waals surface area contributed by atoms with Crippen molar-refractivity contribution >= 4 is 0 Å². The predicted molar refractivity (Wildman–Crippen MR) is 68.1 cm³/mol. The molecule has 3 heteroatoms. The molecule has 1 aromatic carbocycles. The van der Waals surface area contributed by atoms with Crippen molar-refractivity contribution in [2.24, 2.45) is 5.73 Å². The molecule has 2 unspecified atom stereocenters. The minimum Gasteiger partial charge on any atom is -0.327 e. The molecule has 1 aliphatic rings. The van der Waals surface area contributed by atoms with E-state index < -0.39 is 0 Å². The number of halogens is 1. The summed E-state index contributed by atoms with van der Waals surface area (Å²) in [6.07, 6.45) is 3.69. The summed E-state index contributed by atoms with van der Waals surface area (Å²) in [5.74, 6) is -0.170. The first-order chi connectivity index (χ1) is 8.16. The van der Waals surface area contributed by atoms with Crippen LogP contribution in [0.4, 0.5) is 4.39 Å². The second-order valence-corrected chi connectivity index (χ2v) is 5.02. The molecule has 0 aliphatic carbocycles. The molecular formula is C14H21FN2. The molecule has 94 valence electrons. The average molecular weight is 236 g/mol. The fourth-order valence-corrected chi connectivity index (χ4v) is 2.63. The summed E-state index contributed by atoms with van der Waals surface area (Å²) >= 11 is 0. The zero-order valence-corrected chi connectivity index (χ0v) is 10.4. The van der Waals surface area contributed by atoms with Crippen LogP contribution in [0.1, 0.15) is 31.7 Å². The van der Waals surface area contributed by atoms with Crippen molar-refractivity contribution in [3.8, 4) is 0 Å². The second kappa shape index (κ2) is 5.61. The quantitative estimate of drug-likeness (QED) is 0.873. The summed E-state index contributed by atoms with van der Waals surface area (Å²) in [7, 11) is 0. The van der Waals surface area contributed by atoms with Crippen LogP contribution >= 0.6 is 0 Å². The van der Waals surface area contributed by atoms with E-state index in [0.29, 0.717) is 6.04 Å². The zero-order chi connectivity index (χ0) is 12.3. The van der Waals surface area contributed by atoms with E-state index in [1.807, 2.05) is 12.1 Å². The summed E-state index contributed by atoms with van der Waals surface area (Å²) in [4.78, 5) is 2.43. The molecule has 2 nitrogen and oxygen atoms in total. The molecular weight excluding hydrogens is 215 g/mol. The molecule has 0 saturated carbocycles. The van der Waals surface area contributed by atoms with Crippen LogP contribution in [0.2, 0.25) is 0 Å². The number of benzene rings is 1. The molecule has 0 bridgehead atoms. The second-order valence-electron chi connectivity index (χ2n) is 5.02. The van der Waals surface area contributed by atoms with Crippen molar-refractivity contribution in [1.29, 1.82) is 0 Å². The Hall–Kier alpha value is -0.930. The Labute approximate surface area is 103 Å². The number of likely N-dealkylation sites (tertiary alicyclic amines) is 1. The van der Waals surface area contributed by atoms with Crippen LogP contribution in [0.3, 0.4) is 0 Å². The van der Waals surface area contributed by atoms with Gasteiger partial charge in [-0.3, -0.25) is 4.90 Å². The molecule has 2 rings (SSSR count). The highest BCUT2D eigenvalue weighted by Crippen LogP contribution is 2.21. The smallest absolute Gasteiger partial charge is 0.123 e. The first-order valence-corrected chi connectivity index (χ1v) is 6.41. The first-order valence-electron chi connectivity index (χ1n) is 6.41. The lowest BCUT2D eigenvalue weighted by atomic mass is 9.96. The monoisotopic (exact) mass is 236 g/mol. The lowest BCUT2D eigenvalue weighted by molar-refractivity contribution is 0.123. The van der Waals surface area contributed by atoms with Gasteiger partial charge in [0.2, 0.25) is 0 Å². The average Bonchev–Trinajstić information content (AvgIpc) is 2.32. The van der Waals surface area contributed by atoms with E-state index in [4.69, 9.17) is 5.73 Å². The van der Waals surface area contributed by atoms with E-state index in [2.05, 4.69) is 11.8 Å². The molecule has 0 aromatic heterocycles. The van der Waals surface area contributed by atoms with Gasteiger partial charge in [0.15, 0.2) is 0 Å². The number of nitrogens with zero attached hydrogens (tertiary/aromatic N) is 1. The van der Waals surface area contributed by atoms with Gasteiger partial charge in [-0.15, -0.1) is 0 Å². The summed E-state index contributed by atoms with van der Waals surface area (Å²) in [5, 5.41) is 0.